The first-order valence-electron chi connectivity index (χ1n) is 7.14. The van der Waals surface area contributed by atoms with E-state index in [1.807, 2.05) is 24.4 Å². The number of Topliss-reactive ketones (excluding diaryl/α,β-unsaturated/α-hetero) is 1. The second kappa shape index (κ2) is 5.64. The van der Waals surface area contributed by atoms with Crippen LogP contribution in [-0.4, -0.2) is 24.6 Å². The lowest BCUT2D eigenvalue weighted by molar-refractivity contribution is 0.0973. The van der Waals surface area contributed by atoms with Crippen LogP contribution in [0.25, 0.3) is 0 Å². The fourth-order valence-corrected chi connectivity index (χ4v) is 2.86. The number of benzene rings is 1. The molecule has 110 valence electrons. The maximum atomic E-state index is 11.9. The molecular formula is C17H19NO3. The molecule has 2 aromatic rings. The second-order valence-corrected chi connectivity index (χ2v) is 5.34. The number of fused-ring (bicyclic) bond motifs is 1. The van der Waals surface area contributed by atoms with Crippen molar-refractivity contribution in [2.24, 2.45) is 0 Å². The van der Waals surface area contributed by atoms with E-state index in [4.69, 9.17) is 9.47 Å². The number of carbonyl (C=O) groups is 1. The van der Waals surface area contributed by atoms with Crippen molar-refractivity contribution in [1.29, 1.82) is 0 Å². The molecule has 0 saturated carbocycles. The fourth-order valence-electron chi connectivity index (χ4n) is 2.86. The first-order chi connectivity index (χ1) is 10.2. The van der Waals surface area contributed by atoms with Crippen molar-refractivity contribution in [3.8, 4) is 11.5 Å². The summed E-state index contributed by atoms with van der Waals surface area (Å²) < 4.78 is 12.6. The molecule has 21 heavy (non-hydrogen) atoms. The molecule has 4 nitrogen and oxygen atoms in total. The molecule has 1 aliphatic carbocycles. The molecule has 4 heteroatoms. The van der Waals surface area contributed by atoms with E-state index in [0.717, 1.165) is 42.0 Å². The van der Waals surface area contributed by atoms with Gasteiger partial charge in [0.15, 0.2) is 17.3 Å². The van der Waals surface area contributed by atoms with Gasteiger partial charge < -0.3 is 14.0 Å². The third-order valence-electron chi connectivity index (χ3n) is 3.93. The van der Waals surface area contributed by atoms with Gasteiger partial charge >= 0.3 is 0 Å². The monoisotopic (exact) mass is 285 g/mol. The van der Waals surface area contributed by atoms with Crippen molar-refractivity contribution in [1.82, 2.24) is 4.57 Å². The molecule has 1 aromatic carbocycles. The normalized spacial score (nSPS) is 13.9. The maximum Gasteiger partial charge on any atom is 0.164 e. The zero-order valence-electron chi connectivity index (χ0n) is 12.4. The number of hydrogen-bond acceptors (Lipinski definition) is 3. The summed E-state index contributed by atoms with van der Waals surface area (Å²) in [6.45, 7) is 0.723. The van der Waals surface area contributed by atoms with Crippen molar-refractivity contribution < 1.29 is 14.3 Å². The van der Waals surface area contributed by atoms with Crippen LogP contribution in [0.5, 0.6) is 11.5 Å². The Kier molecular flexibility index (Phi) is 3.69. The number of ether oxygens (including phenoxy) is 2. The van der Waals surface area contributed by atoms with E-state index in [1.54, 1.807) is 14.2 Å². The number of ketones is 1. The van der Waals surface area contributed by atoms with Crippen LogP contribution in [0.3, 0.4) is 0 Å². The molecule has 0 unspecified atom stereocenters. The summed E-state index contributed by atoms with van der Waals surface area (Å²) in [6.07, 6.45) is 6.69. The Morgan fingerprint density at radius 1 is 1.10 bits per heavy atom. The Hall–Kier alpha value is -2.23. The molecule has 1 heterocycles. The molecular weight excluding hydrogens is 266 g/mol. The third kappa shape index (κ3) is 2.66. The summed E-state index contributed by atoms with van der Waals surface area (Å²) in [4.78, 5) is 11.9. The molecule has 0 fully saturated rings. The van der Waals surface area contributed by atoms with Gasteiger partial charge in [0.2, 0.25) is 0 Å². The molecule has 0 radical (unpaired) electrons. The van der Waals surface area contributed by atoms with E-state index < -0.39 is 0 Å². The molecule has 0 spiro atoms. The molecule has 0 atom stereocenters. The van der Waals surface area contributed by atoms with Gasteiger partial charge in [-0.25, -0.2) is 0 Å². The maximum absolute atomic E-state index is 11.9. The minimum Gasteiger partial charge on any atom is -0.493 e. The summed E-state index contributed by atoms with van der Waals surface area (Å²) in [6, 6.07) is 5.89. The Morgan fingerprint density at radius 2 is 1.90 bits per heavy atom. The van der Waals surface area contributed by atoms with Crippen molar-refractivity contribution in [2.45, 2.75) is 25.8 Å². The summed E-state index contributed by atoms with van der Waals surface area (Å²) >= 11 is 0. The topological polar surface area (TPSA) is 40.5 Å². The van der Waals surface area contributed by atoms with Gasteiger partial charge in [0.05, 0.1) is 14.2 Å². The number of hydrogen-bond donors (Lipinski definition) is 0. The minimum atomic E-state index is 0.266. The first-order valence-corrected chi connectivity index (χ1v) is 7.14. The Bertz CT molecular complexity index is 673. The van der Waals surface area contributed by atoms with Crippen LogP contribution in [0.2, 0.25) is 0 Å². The van der Waals surface area contributed by atoms with Gasteiger partial charge in [-0.2, -0.15) is 0 Å². The highest BCUT2D eigenvalue weighted by atomic mass is 16.5. The Balaban J connectivity index is 1.85. The third-order valence-corrected chi connectivity index (χ3v) is 3.93. The van der Waals surface area contributed by atoms with Crippen molar-refractivity contribution in [3.63, 3.8) is 0 Å². The van der Waals surface area contributed by atoms with Gasteiger partial charge in [-0.3, -0.25) is 4.79 Å². The van der Waals surface area contributed by atoms with Crippen LogP contribution in [-0.2, 0) is 13.0 Å². The van der Waals surface area contributed by atoms with E-state index in [0.29, 0.717) is 6.42 Å². The van der Waals surface area contributed by atoms with E-state index >= 15 is 0 Å². The smallest absolute Gasteiger partial charge is 0.164 e. The zero-order chi connectivity index (χ0) is 14.8. The Labute approximate surface area is 124 Å². The van der Waals surface area contributed by atoms with Crippen LogP contribution in [0.4, 0.5) is 0 Å². The lowest BCUT2D eigenvalue weighted by atomic mass is 9.95. The van der Waals surface area contributed by atoms with E-state index in [1.165, 1.54) is 5.56 Å². The molecule has 1 aromatic heterocycles. The van der Waals surface area contributed by atoms with E-state index in [9.17, 15) is 4.79 Å². The first kappa shape index (κ1) is 13.7. The van der Waals surface area contributed by atoms with Gasteiger partial charge in [-0.15, -0.1) is 0 Å². The number of rotatable bonds is 4. The lowest BCUT2D eigenvalue weighted by Gasteiger charge is -2.10. The number of methoxy groups -OCH3 is 2. The SMILES string of the molecule is COc1ccc(Cn2cc3c(c2)C(=O)CCC3)cc1OC. The highest BCUT2D eigenvalue weighted by molar-refractivity contribution is 5.98. The van der Waals surface area contributed by atoms with Crippen molar-refractivity contribution in [3.05, 3.63) is 47.3 Å². The minimum absolute atomic E-state index is 0.266. The van der Waals surface area contributed by atoms with Crippen LogP contribution in [0.1, 0.15) is 34.3 Å². The predicted molar refractivity (Wildman–Crippen MR) is 80.3 cm³/mol. The molecule has 1 aliphatic rings. The second-order valence-electron chi connectivity index (χ2n) is 5.34. The predicted octanol–water partition coefficient (Wildman–Crippen LogP) is 3.07. The van der Waals surface area contributed by atoms with Gasteiger partial charge in [-0.1, -0.05) is 6.07 Å². The Morgan fingerprint density at radius 3 is 2.62 bits per heavy atom. The lowest BCUT2D eigenvalue weighted by Crippen LogP contribution is -2.07. The van der Waals surface area contributed by atoms with Gasteiger partial charge in [-0.05, 0) is 36.1 Å². The van der Waals surface area contributed by atoms with Gasteiger partial charge in [0, 0.05) is 30.9 Å². The van der Waals surface area contributed by atoms with Crippen LogP contribution < -0.4 is 9.47 Å². The number of aryl methyl sites for hydroxylation is 1. The zero-order valence-corrected chi connectivity index (χ0v) is 12.4. The van der Waals surface area contributed by atoms with Gasteiger partial charge in [0.1, 0.15) is 0 Å². The van der Waals surface area contributed by atoms with Gasteiger partial charge in [0.25, 0.3) is 0 Å². The van der Waals surface area contributed by atoms with Crippen molar-refractivity contribution in [2.75, 3.05) is 14.2 Å². The largest absolute Gasteiger partial charge is 0.493 e. The summed E-state index contributed by atoms with van der Waals surface area (Å²) in [7, 11) is 3.26. The number of aromatic nitrogens is 1. The average Bonchev–Trinajstić information content (AvgIpc) is 2.91. The van der Waals surface area contributed by atoms with E-state index in [-0.39, 0.29) is 5.78 Å². The highest BCUT2D eigenvalue weighted by Crippen LogP contribution is 2.28. The number of carbonyl (C=O) groups excluding carboxylic acids is 1. The summed E-state index contributed by atoms with van der Waals surface area (Å²) in [5.74, 6) is 1.72. The van der Waals surface area contributed by atoms with Crippen LogP contribution in [0, 0.1) is 0 Å². The molecule has 0 aliphatic heterocycles. The van der Waals surface area contributed by atoms with Crippen LogP contribution >= 0.6 is 0 Å². The molecule has 0 bridgehead atoms. The summed E-state index contributed by atoms with van der Waals surface area (Å²) in [5.41, 5.74) is 3.18. The molecule has 0 amide bonds. The molecule has 0 N–H and O–H groups in total. The molecule has 3 rings (SSSR count). The summed E-state index contributed by atoms with van der Waals surface area (Å²) in [5, 5.41) is 0. The molecule has 0 saturated heterocycles. The number of nitrogens with zero attached hydrogens (tertiary/aromatic N) is 1. The van der Waals surface area contributed by atoms with Crippen molar-refractivity contribution >= 4 is 5.78 Å². The average molecular weight is 285 g/mol. The quantitative estimate of drug-likeness (QED) is 0.866. The highest BCUT2D eigenvalue weighted by Gasteiger charge is 2.19. The fraction of sp³-hybridized carbons (Fsp3) is 0.353. The van der Waals surface area contributed by atoms with Crippen LogP contribution in [0.15, 0.2) is 30.6 Å². The standard InChI is InChI=1S/C17H19NO3/c1-20-16-7-6-12(8-17(16)21-2)9-18-10-13-4-3-5-15(19)14(13)11-18/h6-8,10-11H,3-5,9H2,1-2H3. The van der Waals surface area contributed by atoms with E-state index in [2.05, 4.69) is 10.8 Å².